The standard InChI is InChI=1S/C46H36BNO3/c1-44(2)45(3,4)51-47(50-44)33-23-25-38-36(28-33)35-27-32(29-18-20-30(21-19-29)34-13-9-11-31-12-10-26-48-43(31)34)22-24-37(35)46(38)39-14-5-7-16-41(39)49-42-17-8-6-15-40(42)46/h5-28H,1-4H3. The van der Waals surface area contributed by atoms with Crippen LogP contribution in [-0.4, -0.2) is 23.3 Å². The Hall–Kier alpha value is -5.49. The van der Waals surface area contributed by atoms with Crippen LogP contribution in [0.2, 0.25) is 0 Å². The Morgan fingerprint density at radius 1 is 0.490 bits per heavy atom. The maximum absolute atomic E-state index is 6.57. The van der Waals surface area contributed by atoms with E-state index in [2.05, 4.69) is 161 Å². The topological polar surface area (TPSA) is 40.6 Å². The van der Waals surface area contributed by atoms with Crippen molar-refractivity contribution in [2.75, 3.05) is 0 Å². The summed E-state index contributed by atoms with van der Waals surface area (Å²) >= 11 is 0. The van der Waals surface area contributed by atoms with Gasteiger partial charge >= 0.3 is 7.12 Å². The molecule has 1 fully saturated rings. The van der Waals surface area contributed by atoms with E-state index in [-0.39, 0.29) is 0 Å². The van der Waals surface area contributed by atoms with Crippen LogP contribution >= 0.6 is 0 Å². The molecule has 0 bridgehead atoms. The molecule has 0 N–H and O–H groups in total. The Morgan fingerprint density at radius 3 is 1.78 bits per heavy atom. The van der Waals surface area contributed by atoms with Crippen molar-refractivity contribution in [1.82, 2.24) is 4.98 Å². The molecule has 3 aliphatic rings. The molecule has 10 rings (SSSR count). The van der Waals surface area contributed by atoms with Gasteiger partial charge in [-0.15, -0.1) is 0 Å². The molecule has 51 heavy (non-hydrogen) atoms. The van der Waals surface area contributed by atoms with Gasteiger partial charge in [-0.2, -0.15) is 0 Å². The van der Waals surface area contributed by atoms with Crippen molar-refractivity contribution in [3.05, 3.63) is 168 Å². The maximum Gasteiger partial charge on any atom is 0.494 e. The van der Waals surface area contributed by atoms with Gasteiger partial charge in [0.15, 0.2) is 0 Å². The highest BCUT2D eigenvalue weighted by Crippen LogP contribution is 2.62. The van der Waals surface area contributed by atoms with Crippen molar-refractivity contribution in [3.63, 3.8) is 0 Å². The molecule has 246 valence electrons. The fourth-order valence-corrected chi connectivity index (χ4v) is 8.41. The lowest BCUT2D eigenvalue weighted by atomic mass is 9.65. The second kappa shape index (κ2) is 10.8. The molecule has 0 amide bonds. The van der Waals surface area contributed by atoms with Gasteiger partial charge < -0.3 is 14.0 Å². The zero-order chi connectivity index (χ0) is 34.5. The molecule has 1 spiro atoms. The average Bonchev–Trinajstić information content (AvgIpc) is 3.56. The monoisotopic (exact) mass is 661 g/mol. The summed E-state index contributed by atoms with van der Waals surface area (Å²) in [5.41, 5.74) is 12.4. The van der Waals surface area contributed by atoms with Crippen LogP contribution in [0.1, 0.15) is 49.9 Å². The molecule has 0 radical (unpaired) electrons. The molecule has 0 unspecified atom stereocenters. The third kappa shape index (κ3) is 4.32. The minimum atomic E-state index is -0.547. The molecule has 5 heteroatoms. The van der Waals surface area contributed by atoms with Gasteiger partial charge in [-0.25, -0.2) is 0 Å². The number of benzene rings is 6. The molecule has 3 heterocycles. The molecule has 0 atom stereocenters. The molecular weight excluding hydrogens is 625 g/mol. The second-order valence-electron chi connectivity index (χ2n) is 15.0. The van der Waals surface area contributed by atoms with E-state index in [9.17, 15) is 0 Å². The normalized spacial score (nSPS) is 17.1. The number of hydrogen-bond donors (Lipinski definition) is 0. The molecule has 4 nitrogen and oxygen atoms in total. The number of fused-ring (bicyclic) bond motifs is 10. The van der Waals surface area contributed by atoms with E-state index >= 15 is 0 Å². The Kier molecular flexibility index (Phi) is 6.40. The van der Waals surface area contributed by atoms with E-state index in [0.29, 0.717) is 0 Å². The zero-order valence-corrected chi connectivity index (χ0v) is 29.1. The number of nitrogens with zero attached hydrogens (tertiary/aromatic N) is 1. The van der Waals surface area contributed by atoms with Crippen molar-refractivity contribution in [2.45, 2.75) is 44.3 Å². The predicted octanol–water partition coefficient (Wildman–Crippen LogP) is 10.3. The largest absolute Gasteiger partial charge is 0.494 e. The summed E-state index contributed by atoms with van der Waals surface area (Å²) in [4.78, 5) is 4.70. The molecule has 6 aromatic carbocycles. The molecule has 1 aliphatic carbocycles. The maximum atomic E-state index is 6.57. The van der Waals surface area contributed by atoms with Crippen LogP contribution in [0.5, 0.6) is 11.5 Å². The summed E-state index contributed by atoms with van der Waals surface area (Å²) < 4.78 is 19.7. The molecular formula is C46H36BNO3. The fraction of sp³-hybridized carbons (Fsp3) is 0.152. The first-order valence-corrected chi connectivity index (χ1v) is 17.7. The minimum absolute atomic E-state index is 0.435. The van der Waals surface area contributed by atoms with Gasteiger partial charge in [0.05, 0.1) is 22.1 Å². The highest BCUT2D eigenvalue weighted by Gasteiger charge is 2.54. The fourth-order valence-electron chi connectivity index (χ4n) is 8.41. The lowest BCUT2D eigenvalue weighted by molar-refractivity contribution is 0.00578. The molecule has 7 aromatic rings. The van der Waals surface area contributed by atoms with E-state index < -0.39 is 23.7 Å². The Bertz CT molecular complexity index is 2470. The average molecular weight is 662 g/mol. The first-order chi connectivity index (χ1) is 24.7. The number of ether oxygens (including phenoxy) is 1. The van der Waals surface area contributed by atoms with Crippen LogP contribution in [0.15, 0.2) is 146 Å². The van der Waals surface area contributed by atoms with E-state index in [1.54, 1.807) is 0 Å². The van der Waals surface area contributed by atoms with E-state index in [1.807, 2.05) is 12.3 Å². The van der Waals surface area contributed by atoms with Crippen LogP contribution in [0.25, 0.3) is 44.3 Å². The van der Waals surface area contributed by atoms with E-state index in [0.717, 1.165) is 61.2 Å². The zero-order valence-electron chi connectivity index (χ0n) is 29.1. The van der Waals surface area contributed by atoms with Crippen LogP contribution < -0.4 is 10.2 Å². The number of aromatic nitrogens is 1. The summed E-state index contributed by atoms with van der Waals surface area (Å²) in [6.45, 7) is 8.42. The van der Waals surface area contributed by atoms with Crippen LogP contribution in [0.4, 0.5) is 0 Å². The van der Waals surface area contributed by atoms with Gasteiger partial charge in [0.25, 0.3) is 0 Å². The SMILES string of the molecule is CC1(C)OB(c2ccc3c(c2)-c2cc(-c4ccc(-c5cccc6cccnc56)cc4)ccc2C32c3ccccc3Oc3ccccc32)OC1(C)C. The third-order valence-electron chi connectivity index (χ3n) is 11.7. The quantitative estimate of drug-likeness (QED) is 0.177. The Balaban J connectivity index is 1.16. The smallest absolute Gasteiger partial charge is 0.457 e. The van der Waals surface area contributed by atoms with Crippen LogP contribution in [0, 0.1) is 0 Å². The molecule has 2 aliphatic heterocycles. The molecule has 1 aromatic heterocycles. The Labute approximate surface area is 298 Å². The van der Waals surface area contributed by atoms with Gasteiger partial charge in [-0.1, -0.05) is 115 Å². The van der Waals surface area contributed by atoms with Crippen molar-refractivity contribution in [3.8, 4) is 44.9 Å². The van der Waals surface area contributed by atoms with Crippen LogP contribution in [0.3, 0.4) is 0 Å². The Morgan fingerprint density at radius 2 is 1.08 bits per heavy atom. The second-order valence-corrected chi connectivity index (χ2v) is 15.0. The van der Waals surface area contributed by atoms with Gasteiger partial charge in [0, 0.05) is 28.3 Å². The number of rotatable bonds is 3. The van der Waals surface area contributed by atoms with Crippen molar-refractivity contribution in [1.29, 1.82) is 0 Å². The lowest BCUT2D eigenvalue weighted by Gasteiger charge is -2.39. The van der Waals surface area contributed by atoms with E-state index in [1.165, 1.54) is 22.3 Å². The van der Waals surface area contributed by atoms with Crippen molar-refractivity contribution < 1.29 is 14.0 Å². The summed E-state index contributed by atoms with van der Waals surface area (Å²) in [5, 5.41) is 1.14. The number of pyridine rings is 1. The summed E-state index contributed by atoms with van der Waals surface area (Å²) in [6.07, 6.45) is 1.86. The highest BCUT2D eigenvalue weighted by molar-refractivity contribution is 6.62. The van der Waals surface area contributed by atoms with Gasteiger partial charge in [-0.05, 0) is 96.4 Å². The first kappa shape index (κ1) is 30.3. The van der Waals surface area contributed by atoms with Gasteiger partial charge in [0.1, 0.15) is 11.5 Å². The predicted molar refractivity (Wildman–Crippen MR) is 206 cm³/mol. The van der Waals surface area contributed by atoms with Crippen molar-refractivity contribution in [2.24, 2.45) is 0 Å². The minimum Gasteiger partial charge on any atom is -0.457 e. The lowest BCUT2D eigenvalue weighted by Crippen LogP contribution is -2.41. The van der Waals surface area contributed by atoms with Crippen molar-refractivity contribution >= 4 is 23.5 Å². The van der Waals surface area contributed by atoms with Gasteiger partial charge in [-0.3, -0.25) is 4.98 Å². The molecule has 1 saturated heterocycles. The third-order valence-corrected chi connectivity index (χ3v) is 11.7. The summed E-state index contributed by atoms with van der Waals surface area (Å²) in [6, 6.07) is 50.1. The van der Waals surface area contributed by atoms with Crippen LogP contribution in [-0.2, 0) is 14.7 Å². The number of para-hydroxylation sites is 3. The summed E-state index contributed by atoms with van der Waals surface area (Å²) in [7, 11) is -0.464. The van der Waals surface area contributed by atoms with Gasteiger partial charge in [0.2, 0.25) is 0 Å². The highest BCUT2D eigenvalue weighted by atomic mass is 16.7. The molecule has 0 saturated carbocycles. The number of hydrogen-bond acceptors (Lipinski definition) is 4. The first-order valence-electron chi connectivity index (χ1n) is 17.7. The van der Waals surface area contributed by atoms with E-state index in [4.69, 9.17) is 19.0 Å². The summed E-state index contributed by atoms with van der Waals surface area (Å²) in [5.74, 6) is 1.76.